The summed E-state index contributed by atoms with van der Waals surface area (Å²) < 4.78 is 115. The third kappa shape index (κ3) is 5.74. The molecule has 0 aromatic rings. The van der Waals surface area contributed by atoms with E-state index in [1.54, 1.807) is 18.7 Å². The Morgan fingerprint density at radius 2 is 1.10 bits per heavy atom. The van der Waals surface area contributed by atoms with E-state index >= 15 is 26.3 Å². The Labute approximate surface area is 299 Å². The summed E-state index contributed by atoms with van der Waals surface area (Å²) in [7, 11) is 0. The number of rotatable bonds is 8. The maximum absolute atomic E-state index is 15.1. The molecule has 8 fully saturated rings. The van der Waals surface area contributed by atoms with Crippen molar-refractivity contribution < 1.29 is 64.8 Å². The minimum Gasteiger partial charge on any atom is -0.456 e. The number of allylic oxidation sites excluding steroid dienone is 2. The quantitative estimate of drug-likeness (QED) is 0.156. The number of hydrogen-bond donors (Lipinski definition) is 1. The molecule has 0 unspecified atom stereocenters. The fourth-order valence-electron chi connectivity index (χ4n) is 11.0. The highest BCUT2D eigenvalue weighted by Gasteiger charge is 2.72. The lowest BCUT2D eigenvalue weighted by Crippen LogP contribution is -2.68. The van der Waals surface area contributed by atoms with Gasteiger partial charge in [0, 0.05) is 49.6 Å². The highest BCUT2D eigenvalue weighted by molar-refractivity contribution is 5.32. The van der Waals surface area contributed by atoms with E-state index in [2.05, 4.69) is 13.8 Å². The van der Waals surface area contributed by atoms with Gasteiger partial charge in [0.05, 0.1) is 0 Å². The molecule has 2 N–H and O–H groups in total. The van der Waals surface area contributed by atoms with Crippen molar-refractivity contribution in [1.29, 1.82) is 0 Å². The zero-order valence-corrected chi connectivity index (χ0v) is 30.1. The molecule has 8 heterocycles. The van der Waals surface area contributed by atoms with E-state index in [0.717, 1.165) is 0 Å². The van der Waals surface area contributed by atoms with Gasteiger partial charge in [0.2, 0.25) is 35.7 Å². The van der Waals surface area contributed by atoms with Gasteiger partial charge >= 0.3 is 12.4 Å². The standard InChI is InChI=1S/C36H50F6N2O8/c1-19-7-9-25-21(27(35(37,38)39)45-29-33(25)23(19)11-13-31(3,47-29)49-51-33)17-44(16-6-5-15-43)18-22-26-10-8-20(2)24-12-14-32(4)48-30(34(24,26)52-50-32)46-28(22)36(40,41)42/h19-20,23-26,29-30H,5-18,43H2,1-4H3/t19-,20-,23+,24+,25+,26+,29-,30-,31-,32-,33-,34-/m1/s1. The van der Waals surface area contributed by atoms with Crippen molar-refractivity contribution in [2.75, 3.05) is 26.2 Å². The summed E-state index contributed by atoms with van der Waals surface area (Å²) in [6.45, 7) is 7.19. The van der Waals surface area contributed by atoms with Crippen LogP contribution in [0.1, 0.15) is 91.9 Å². The van der Waals surface area contributed by atoms with Gasteiger partial charge in [0.25, 0.3) is 0 Å². The molecular formula is C36H50F6N2O8. The molecule has 10 nitrogen and oxygen atoms in total. The lowest BCUT2D eigenvalue weighted by molar-refractivity contribution is -0.558. The second-order valence-corrected chi connectivity index (χ2v) is 16.9. The molecule has 0 radical (unpaired) electrons. The summed E-state index contributed by atoms with van der Waals surface area (Å²) >= 11 is 0. The van der Waals surface area contributed by atoms with Gasteiger partial charge in [-0.25, -0.2) is 19.6 Å². The lowest BCUT2D eigenvalue weighted by Gasteiger charge is -2.58. The Bertz CT molecular complexity index is 1370. The summed E-state index contributed by atoms with van der Waals surface area (Å²) in [5, 5.41) is 0. The number of alkyl halides is 6. The van der Waals surface area contributed by atoms with E-state index in [1.165, 1.54) is 0 Å². The van der Waals surface area contributed by atoms with Gasteiger partial charge in [-0.15, -0.1) is 0 Å². The third-order valence-electron chi connectivity index (χ3n) is 13.5. The number of fused-ring (bicyclic) bond motifs is 4. The summed E-state index contributed by atoms with van der Waals surface area (Å²) in [6, 6.07) is 0. The smallest absolute Gasteiger partial charge is 0.449 e. The average Bonchev–Trinajstić information content (AvgIpc) is 3.44. The Morgan fingerprint density at radius 1 is 0.654 bits per heavy atom. The van der Waals surface area contributed by atoms with E-state index < -0.39 is 71.1 Å². The monoisotopic (exact) mass is 752 g/mol. The molecule has 2 saturated carbocycles. The molecule has 294 valence electrons. The van der Waals surface area contributed by atoms with Crippen LogP contribution in [0.2, 0.25) is 0 Å². The molecule has 10 aliphatic rings. The summed E-state index contributed by atoms with van der Waals surface area (Å²) in [6.07, 6.45) is -7.66. The highest BCUT2D eigenvalue weighted by atomic mass is 19.4. The van der Waals surface area contributed by atoms with Crippen LogP contribution in [-0.2, 0) is 38.5 Å². The molecule has 6 saturated heterocycles. The van der Waals surface area contributed by atoms with E-state index in [0.29, 0.717) is 70.8 Å². The van der Waals surface area contributed by atoms with Crippen LogP contribution in [0.5, 0.6) is 0 Å². The molecule has 2 spiro atoms. The second-order valence-electron chi connectivity index (χ2n) is 16.9. The normalized spacial score (nSPS) is 45.6. The fraction of sp³-hybridized carbons (Fsp3) is 0.889. The van der Waals surface area contributed by atoms with Gasteiger partial charge in [0.15, 0.2) is 11.2 Å². The first-order chi connectivity index (χ1) is 24.4. The summed E-state index contributed by atoms with van der Waals surface area (Å²) in [5.41, 5.74) is 2.95. The molecule has 4 bridgehead atoms. The van der Waals surface area contributed by atoms with Crippen LogP contribution in [0.3, 0.4) is 0 Å². The van der Waals surface area contributed by atoms with Gasteiger partial charge < -0.3 is 24.7 Å². The maximum Gasteiger partial charge on any atom is 0.449 e. The second kappa shape index (κ2) is 12.7. The van der Waals surface area contributed by atoms with Gasteiger partial charge in [-0.3, -0.25) is 4.90 Å². The van der Waals surface area contributed by atoms with Crippen molar-refractivity contribution in [2.45, 2.75) is 140 Å². The minimum atomic E-state index is -4.91. The van der Waals surface area contributed by atoms with Crippen molar-refractivity contribution in [3.63, 3.8) is 0 Å². The molecule has 16 heteroatoms. The number of hydrogen-bond acceptors (Lipinski definition) is 10. The van der Waals surface area contributed by atoms with Crippen molar-refractivity contribution in [3.8, 4) is 0 Å². The zero-order chi connectivity index (χ0) is 37.1. The largest absolute Gasteiger partial charge is 0.456 e. The number of ether oxygens (including phenoxy) is 4. The third-order valence-corrected chi connectivity index (χ3v) is 13.5. The van der Waals surface area contributed by atoms with E-state index in [-0.39, 0.29) is 54.5 Å². The predicted molar refractivity (Wildman–Crippen MR) is 169 cm³/mol. The Balaban J connectivity index is 1.21. The van der Waals surface area contributed by atoms with Crippen LogP contribution in [0.4, 0.5) is 26.3 Å². The number of unbranched alkanes of at least 4 members (excludes halogenated alkanes) is 1. The number of halogens is 6. The topological polar surface area (TPSA) is 103 Å². The van der Waals surface area contributed by atoms with Crippen LogP contribution in [-0.4, -0.2) is 78.8 Å². The number of nitrogens with zero attached hydrogens (tertiary/aromatic N) is 1. The molecule has 2 aliphatic carbocycles. The summed E-state index contributed by atoms with van der Waals surface area (Å²) in [4.78, 5) is 25.6. The molecule has 52 heavy (non-hydrogen) atoms. The van der Waals surface area contributed by atoms with Crippen LogP contribution >= 0.6 is 0 Å². The van der Waals surface area contributed by atoms with Gasteiger partial charge in [-0.2, -0.15) is 26.3 Å². The first kappa shape index (κ1) is 37.3. The predicted octanol–water partition coefficient (Wildman–Crippen LogP) is 7.15. The van der Waals surface area contributed by atoms with E-state index in [1.807, 2.05) is 0 Å². The summed E-state index contributed by atoms with van der Waals surface area (Å²) in [5.74, 6) is -6.87. The lowest BCUT2D eigenvalue weighted by atomic mass is 9.59. The average molecular weight is 753 g/mol. The van der Waals surface area contributed by atoms with E-state index in [4.69, 9.17) is 44.2 Å². The van der Waals surface area contributed by atoms with Crippen molar-refractivity contribution >= 4 is 0 Å². The molecule has 0 aromatic carbocycles. The van der Waals surface area contributed by atoms with E-state index in [9.17, 15) is 0 Å². The first-order valence-corrected chi connectivity index (χ1v) is 18.9. The Kier molecular flexibility index (Phi) is 9.09. The van der Waals surface area contributed by atoms with Gasteiger partial charge in [-0.1, -0.05) is 13.8 Å². The van der Waals surface area contributed by atoms with Crippen LogP contribution < -0.4 is 5.73 Å². The molecule has 12 atom stereocenters. The molecule has 0 amide bonds. The van der Waals surface area contributed by atoms with Gasteiger partial charge in [0.1, 0.15) is 0 Å². The van der Waals surface area contributed by atoms with Crippen LogP contribution in [0.15, 0.2) is 22.7 Å². The Hall–Kier alpha value is -1.66. The van der Waals surface area contributed by atoms with Crippen molar-refractivity contribution in [1.82, 2.24) is 4.90 Å². The van der Waals surface area contributed by atoms with Crippen LogP contribution in [0, 0.1) is 35.5 Å². The molecule has 0 aromatic heterocycles. The zero-order valence-electron chi connectivity index (χ0n) is 30.1. The highest BCUT2D eigenvalue weighted by Crippen LogP contribution is 2.63. The van der Waals surface area contributed by atoms with Crippen molar-refractivity contribution in [2.24, 2.45) is 41.2 Å². The Morgan fingerprint density at radius 3 is 1.50 bits per heavy atom. The van der Waals surface area contributed by atoms with Gasteiger partial charge in [-0.05, 0) is 101 Å². The maximum atomic E-state index is 15.1. The van der Waals surface area contributed by atoms with Crippen molar-refractivity contribution in [3.05, 3.63) is 22.7 Å². The molecular weight excluding hydrogens is 702 g/mol. The number of nitrogens with two attached hydrogens (primary N) is 1. The SMILES string of the molecule is C[C@@H]1CC[C@H]2C(CN(CCCCN)CC3=C(C(F)(F)F)O[C@@H]4O[C@@]5(C)CC[C@H]6[C@H](C)CC[C@@H]3[C@@]46OO5)=C(C(F)(F)F)O[C@@H]3O[C@@]4(C)CC[C@@H]1[C@]32OO4. The first-order valence-electron chi connectivity index (χ1n) is 18.9. The fourth-order valence-corrected chi connectivity index (χ4v) is 11.0. The molecule has 10 rings (SSSR count). The van der Waals surface area contributed by atoms with Crippen LogP contribution in [0.25, 0.3) is 0 Å². The molecule has 8 aliphatic heterocycles. The minimum absolute atomic E-state index is 0.0750.